The van der Waals surface area contributed by atoms with Crippen molar-refractivity contribution in [2.75, 3.05) is 13.6 Å². The maximum absolute atomic E-state index is 11.9. The van der Waals surface area contributed by atoms with E-state index in [0.717, 1.165) is 18.4 Å². The SMILES string of the molecule is CCCNS(=O)(=O)c1ccc(CC(C)NC)cc1. The van der Waals surface area contributed by atoms with E-state index in [1.807, 2.05) is 26.1 Å². The van der Waals surface area contributed by atoms with Gasteiger partial charge in [-0.05, 0) is 44.5 Å². The van der Waals surface area contributed by atoms with Gasteiger partial charge in [0.25, 0.3) is 0 Å². The second-order valence-corrected chi connectivity index (χ2v) is 6.20. The Hall–Kier alpha value is -0.910. The second kappa shape index (κ2) is 6.87. The minimum absolute atomic E-state index is 0.330. The lowest BCUT2D eigenvalue weighted by Crippen LogP contribution is -2.25. The molecule has 0 bridgehead atoms. The van der Waals surface area contributed by atoms with Crippen LogP contribution in [-0.2, 0) is 16.4 Å². The molecule has 0 aliphatic carbocycles. The van der Waals surface area contributed by atoms with E-state index >= 15 is 0 Å². The fourth-order valence-electron chi connectivity index (χ4n) is 1.58. The molecule has 102 valence electrons. The lowest BCUT2D eigenvalue weighted by atomic mass is 10.1. The van der Waals surface area contributed by atoms with E-state index in [4.69, 9.17) is 0 Å². The topological polar surface area (TPSA) is 58.2 Å². The van der Waals surface area contributed by atoms with Gasteiger partial charge in [0.1, 0.15) is 0 Å². The van der Waals surface area contributed by atoms with Crippen LogP contribution >= 0.6 is 0 Å². The molecule has 0 saturated carbocycles. The summed E-state index contributed by atoms with van der Waals surface area (Å²) in [5.74, 6) is 0. The van der Waals surface area contributed by atoms with Crippen molar-refractivity contribution in [3.05, 3.63) is 29.8 Å². The molecule has 18 heavy (non-hydrogen) atoms. The molecule has 0 radical (unpaired) electrons. The van der Waals surface area contributed by atoms with E-state index in [1.165, 1.54) is 0 Å². The van der Waals surface area contributed by atoms with Gasteiger partial charge in [0.15, 0.2) is 0 Å². The van der Waals surface area contributed by atoms with Crippen molar-refractivity contribution < 1.29 is 8.42 Å². The highest BCUT2D eigenvalue weighted by molar-refractivity contribution is 7.89. The molecule has 5 heteroatoms. The molecule has 1 atom stereocenters. The third-order valence-corrected chi connectivity index (χ3v) is 4.29. The summed E-state index contributed by atoms with van der Waals surface area (Å²) in [6.07, 6.45) is 1.68. The van der Waals surface area contributed by atoms with Crippen LogP contribution in [0.5, 0.6) is 0 Å². The Morgan fingerprint density at radius 1 is 1.22 bits per heavy atom. The molecule has 2 N–H and O–H groups in total. The number of nitrogens with one attached hydrogen (secondary N) is 2. The normalized spacial score (nSPS) is 13.5. The van der Waals surface area contributed by atoms with Crippen molar-refractivity contribution in [2.45, 2.75) is 37.6 Å². The van der Waals surface area contributed by atoms with Crippen LogP contribution < -0.4 is 10.0 Å². The smallest absolute Gasteiger partial charge is 0.240 e. The van der Waals surface area contributed by atoms with E-state index < -0.39 is 10.0 Å². The van der Waals surface area contributed by atoms with Gasteiger partial charge in [0.2, 0.25) is 10.0 Å². The predicted molar refractivity (Wildman–Crippen MR) is 74.1 cm³/mol. The first-order chi connectivity index (χ1) is 8.49. The molecular weight excluding hydrogens is 248 g/mol. The van der Waals surface area contributed by atoms with Gasteiger partial charge in [-0.2, -0.15) is 0 Å². The number of hydrogen-bond donors (Lipinski definition) is 2. The van der Waals surface area contributed by atoms with Gasteiger partial charge >= 0.3 is 0 Å². The van der Waals surface area contributed by atoms with Crippen molar-refractivity contribution >= 4 is 10.0 Å². The van der Waals surface area contributed by atoms with Gasteiger partial charge in [0.05, 0.1) is 4.90 Å². The van der Waals surface area contributed by atoms with Gasteiger partial charge in [-0.15, -0.1) is 0 Å². The third kappa shape index (κ3) is 4.40. The monoisotopic (exact) mass is 270 g/mol. The van der Waals surface area contributed by atoms with E-state index in [1.54, 1.807) is 12.1 Å². The van der Waals surface area contributed by atoms with Gasteiger partial charge in [-0.1, -0.05) is 19.1 Å². The second-order valence-electron chi connectivity index (χ2n) is 4.44. The highest BCUT2D eigenvalue weighted by Crippen LogP contribution is 2.11. The third-order valence-electron chi connectivity index (χ3n) is 2.81. The number of sulfonamides is 1. The maximum atomic E-state index is 11.9. The number of rotatable bonds is 7. The molecule has 0 aromatic heterocycles. The molecule has 1 unspecified atom stereocenters. The lowest BCUT2D eigenvalue weighted by molar-refractivity contribution is 0.580. The molecule has 0 heterocycles. The first-order valence-corrected chi connectivity index (χ1v) is 7.73. The van der Waals surface area contributed by atoms with Crippen LogP contribution in [0, 0.1) is 0 Å². The summed E-state index contributed by atoms with van der Waals surface area (Å²) in [5, 5.41) is 3.16. The van der Waals surface area contributed by atoms with Crippen LogP contribution in [-0.4, -0.2) is 28.1 Å². The van der Waals surface area contributed by atoms with E-state index in [2.05, 4.69) is 17.0 Å². The van der Waals surface area contributed by atoms with Crippen molar-refractivity contribution in [1.82, 2.24) is 10.0 Å². The highest BCUT2D eigenvalue weighted by atomic mass is 32.2. The van der Waals surface area contributed by atoms with Crippen LogP contribution in [0.4, 0.5) is 0 Å². The molecule has 1 aromatic rings. The minimum Gasteiger partial charge on any atom is -0.317 e. The van der Waals surface area contributed by atoms with Gasteiger partial charge in [0, 0.05) is 12.6 Å². The molecule has 0 amide bonds. The van der Waals surface area contributed by atoms with Crippen LogP contribution in [0.15, 0.2) is 29.2 Å². The summed E-state index contributed by atoms with van der Waals surface area (Å²) < 4.78 is 26.3. The van der Waals surface area contributed by atoms with Crippen molar-refractivity contribution in [3.8, 4) is 0 Å². The quantitative estimate of drug-likeness (QED) is 0.790. The summed E-state index contributed by atoms with van der Waals surface area (Å²) in [7, 11) is -1.42. The van der Waals surface area contributed by atoms with Gasteiger partial charge in [-0.3, -0.25) is 0 Å². The standard InChI is InChI=1S/C13H22N2O2S/c1-4-9-15-18(16,17)13-7-5-12(6-8-13)10-11(2)14-3/h5-8,11,14-15H,4,9-10H2,1-3H3. The Balaban J connectivity index is 2.76. The van der Waals surface area contributed by atoms with E-state index in [9.17, 15) is 8.42 Å². The average molecular weight is 270 g/mol. The van der Waals surface area contributed by atoms with Crippen LogP contribution in [0.25, 0.3) is 0 Å². The first-order valence-electron chi connectivity index (χ1n) is 6.25. The largest absolute Gasteiger partial charge is 0.317 e. The molecule has 1 aromatic carbocycles. The van der Waals surface area contributed by atoms with Gasteiger partial charge in [-0.25, -0.2) is 13.1 Å². The zero-order valence-electron chi connectivity index (χ0n) is 11.2. The van der Waals surface area contributed by atoms with E-state index in [0.29, 0.717) is 17.5 Å². The Labute approximate surface area is 110 Å². The average Bonchev–Trinajstić information content (AvgIpc) is 2.37. The van der Waals surface area contributed by atoms with Crippen molar-refractivity contribution in [3.63, 3.8) is 0 Å². The summed E-state index contributed by atoms with van der Waals surface area (Å²) in [6.45, 7) is 4.50. The Morgan fingerprint density at radius 3 is 2.33 bits per heavy atom. The molecule has 0 saturated heterocycles. The zero-order valence-corrected chi connectivity index (χ0v) is 12.0. The van der Waals surface area contributed by atoms with Crippen molar-refractivity contribution in [1.29, 1.82) is 0 Å². The summed E-state index contributed by atoms with van der Waals surface area (Å²) >= 11 is 0. The lowest BCUT2D eigenvalue weighted by Gasteiger charge is -2.11. The Kier molecular flexibility index (Phi) is 5.78. The zero-order chi connectivity index (χ0) is 13.6. The van der Waals surface area contributed by atoms with Gasteiger partial charge < -0.3 is 5.32 Å². The molecular formula is C13H22N2O2S. The predicted octanol–water partition coefficient (Wildman–Crippen LogP) is 1.53. The fraction of sp³-hybridized carbons (Fsp3) is 0.538. The summed E-state index contributed by atoms with van der Waals surface area (Å²) in [5.41, 5.74) is 1.13. The fourth-order valence-corrected chi connectivity index (χ4v) is 2.71. The summed E-state index contributed by atoms with van der Waals surface area (Å²) in [4.78, 5) is 0.330. The minimum atomic E-state index is -3.34. The molecule has 0 spiro atoms. The molecule has 0 aliphatic rings. The molecule has 4 nitrogen and oxygen atoms in total. The highest BCUT2D eigenvalue weighted by Gasteiger charge is 2.12. The Bertz CT molecular complexity index is 454. The molecule has 0 fully saturated rings. The van der Waals surface area contributed by atoms with Crippen LogP contribution in [0.2, 0.25) is 0 Å². The Morgan fingerprint density at radius 2 is 1.83 bits per heavy atom. The molecule has 1 rings (SSSR count). The van der Waals surface area contributed by atoms with E-state index in [-0.39, 0.29) is 0 Å². The number of likely N-dealkylation sites (N-methyl/N-ethyl adjacent to an activating group) is 1. The maximum Gasteiger partial charge on any atom is 0.240 e. The first kappa shape index (κ1) is 15.1. The van der Waals surface area contributed by atoms with Crippen molar-refractivity contribution in [2.24, 2.45) is 0 Å². The number of hydrogen-bond acceptors (Lipinski definition) is 3. The van der Waals surface area contributed by atoms with Crippen LogP contribution in [0.3, 0.4) is 0 Å². The number of benzene rings is 1. The summed E-state index contributed by atoms with van der Waals surface area (Å²) in [6, 6.07) is 7.44. The van der Waals surface area contributed by atoms with Crippen LogP contribution in [0.1, 0.15) is 25.8 Å². The molecule has 0 aliphatic heterocycles.